The summed E-state index contributed by atoms with van der Waals surface area (Å²) < 4.78 is 4.99. The Bertz CT molecular complexity index is 263. The number of rotatable bonds is 1. The van der Waals surface area contributed by atoms with Crippen molar-refractivity contribution in [2.45, 2.75) is 6.92 Å². The fraction of sp³-hybridized carbons (Fsp3) is 0.375. The molecule has 0 radical (unpaired) electrons. The summed E-state index contributed by atoms with van der Waals surface area (Å²) in [5, 5.41) is 0. The molecule has 0 aliphatic rings. The van der Waals surface area contributed by atoms with Gasteiger partial charge in [0.25, 0.3) is 5.91 Å². The molecule has 0 aliphatic heterocycles. The van der Waals surface area contributed by atoms with Crippen LogP contribution < -0.4 is 0 Å². The number of hydrogen-bond donors (Lipinski definition) is 0. The van der Waals surface area contributed by atoms with Gasteiger partial charge in [-0.2, -0.15) is 0 Å². The van der Waals surface area contributed by atoms with E-state index in [9.17, 15) is 4.79 Å². The lowest BCUT2D eigenvalue weighted by Crippen LogP contribution is -2.21. The van der Waals surface area contributed by atoms with Gasteiger partial charge in [0.15, 0.2) is 0 Å². The highest BCUT2D eigenvalue weighted by molar-refractivity contribution is 5.94. The predicted molar refractivity (Wildman–Crippen MR) is 41.5 cm³/mol. The van der Waals surface area contributed by atoms with Crippen LogP contribution in [0.1, 0.15) is 16.1 Å². The minimum absolute atomic E-state index is 0.0174. The van der Waals surface area contributed by atoms with Crippen molar-refractivity contribution in [3.8, 4) is 0 Å². The average molecular weight is 153 g/mol. The van der Waals surface area contributed by atoms with Crippen LogP contribution >= 0.6 is 0 Å². The van der Waals surface area contributed by atoms with Gasteiger partial charge in [-0.1, -0.05) is 0 Å². The third-order valence-electron chi connectivity index (χ3n) is 1.50. The molecule has 0 saturated heterocycles. The van der Waals surface area contributed by atoms with Crippen molar-refractivity contribution in [3.05, 3.63) is 23.7 Å². The van der Waals surface area contributed by atoms with Crippen LogP contribution in [0.3, 0.4) is 0 Å². The number of carbonyl (C=O) groups excluding carboxylic acids is 1. The fourth-order valence-corrected chi connectivity index (χ4v) is 0.848. The lowest BCUT2D eigenvalue weighted by Gasteiger charge is -2.07. The molecular formula is C8H11NO2. The highest BCUT2D eigenvalue weighted by Gasteiger charge is 2.12. The van der Waals surface area contributed by atoms with Gasteiger partial charge >= 0.3 is 0 Å². The van der Waals surface area contributed by atoms with Gasteiger partial charge in [-0.05, 0) is 13.0 Å². The molecule has 1 aromatic rings. The van der Waals surface area contributed by atoms with E-state index in [1.807, 2.05) is 0 Å². The third kappa shape index (κ3) is 1.42. The number of furan rings is 1. The molecule has 0 saturated carbocycles. The summed E-state index contributed by atoms with van der Waals surface area (Å²) in [5.41, 5.74) is 0.634. The molecule has 0 aliphatic carbocycles. The van der Waals surface area contributed by atoms with E-state index in [1.165, 1.54) is 11.2 Å². The molecule has 11 heavy (non-hydrogen) atoms. The van der Waals surface area contributed by atoms with Gasteiger partial charge in [0, 0.05) is 14.1 Å². The first-order valence-corrected chi connectivity index (χ1v) is 3.38. The Balaban J connectivity index is 2.93. The summed E-state index contributed by atoms with van der Waals surface area (Å²) in [7, 11) is 3.43. The van der Waals surface area contributed by atoms with Gasteiger partial charge in [-0.15, -0.1) is 0 Å². The summed E-state index contributed by atoms with van der Waals surface area (Å²) in [6, 6.07) is 1.68. The predicted octanol–water partition coefficient (Wildman–Crippen LogP) is 1.29. The van der Waals surface area contributed by atoms with Crippen LogP contribution in [-0.4, -0.2) is 24.9 Å². The highest BCUT2D eigenvalue weighted by atomic mass is 16.3. The lowest BCUT2D eigenvalue weighted by atomic mass is 10.2. The molecule has 3 heteroatoms. The maximum atomic E-state index is 11.3. The summed E-state index contributed by atoms with van der Waals surface area (Å²) in [5.74, 6) is 0.653. The van der Waals surface area contributed by atoms with Gasteiger partial charge in [0.1, 0.15) is 5.76 Å². The minimum Gasteiger partial charge on any atom is -0.469 e. The molecule has 1 rings (SSSR count). The van der Waals surface area contributed by atoms with Crippen molar-refractivity contribution in [2.24, 2.45) is 0 Å². The molecule has 0 N–H and O–H groups in total. The van der Waals surface area contributed by atoms with Crippen molar-refractivity contribution in [1.29, 1.82) is 0 Å². The summed E-state index contributed by atoms with van der Waals surface area (Å²) in [6.45, 7) is 1.77. The Morgan fingerprint density at radius 2 is 2.18 bits per heavy atom. The summed E-state index contributed by atoms with van der Waals surface area (Å²) in [6.07, 6.45) is 1.52. The SMILES string of the molecule is Cc1occc1C(=O)N(C)C. The summed E-state index contributed by atoms with van der Waals surface area (Å²) in [4.78, 5) is 12.8. The van der Waals surface area contributed by atoms with E-state index in [2.05, 4.69) is 0 Å². The Morgan fingerprint density at radius 3 is 2.55 bits per heavy atom. The van der Waals surface area contributed by atoms with E-state index >= 15 is 0 Å². The minimum atomic E-state index is -0.0174. The zero-order chi connectivity index (χ0) is 8.43. The third-order valence-corrected chi connectivity index (χ3v) is 1.50. The molecule has 0 atom stereocenters. The van der Waals surface area contributed by atoms with E-state index in [1.54, 1.807) is 27.1 Å². The molecule has 0 spiro atoms. The zero-order valence-corrected chi connectivity index (χ0v) is 6.92. The van der Waals surface area contributed by atoms with Gasteiger partial charge in [-0.25, -0.2) is 0 Å². The Labute approximate surface area is 65.6 Å². The van der Waals surface area contributed by atoms with Crippen LogP contribution in [0.25, 0.3) is 0 Å². The summed E-state index contributed by atoms with van der Waals surface area (Å²) >= 11 is 0. The zero-order valence-electron chi connectivity index (χ0n) is 6.92. The van der Waals surface area contributed by atoms with Gasteiger partial charge in [-0.3, -0.25) is 4.79 Å². The van der Waals surface area contributed by atoms with Crippen LogP contribution in [0.15, 0.2) is 16.7 Å². The topological polar surface area (TPSA) is 33.5 Å². The molecule has 0 bridgehead atoms. The first-order valence-electron chi connectivity index (χ1n) is 3.38. The maximum Gasteiger partial charge on any atom is 0.256 e. The molecule has 3 nitrogen and oxygen atoms in total. The molecule has 60 valence electrons. The number of carbonyl (C=O) groups is 1. The van der Waals surface area contributed by atoms with Crippen molar-refractivity contribution >= 4 is 5.91 Å². The molecule has 0 unspecified atom stereocenters. The number of hydrogen-bond acceptors (Lipinski definition) is 2. The Kier molecular flexibility index (Phi) is 1.98. The smallest absolute Gasteiger partial charge is 0.256 e. The first kappa shape index (κ1) is 7.85. The Morgan fingerprint density at radius 1 is 1.55 bits per heavy atom. The second-order valence-corrected chi connectivity index (χ2v) is 2.59. The van der Waals surface area contributed by atoms with E-state index in [4.69, 9.17) is 4.42 Å². The molecule has 0 aromatic carbocycles. The maximum absolute atomic E-state index is 11.3. The quantitative estimate of drug-likeness (QED) is 0.609. The highest BCUT2D eigenvalue weighted by Crippen LogP contribution is 2.09. The second kappa shape index (κ2) is 2.78. The van der Waals surface area contributed by atoms with Gasteiger partial charge in [0.05, 0.1) is 11.8 Å². The van der Waals surface area contributed by atoms with E-state index < -0.39 is 0 Å². The normalized spacial score (nSPS) is 9.73. The monoisotopic (exact) mass is 153 g/mol. The number of amides is 1. The standard InChI is InChI=1S/C8H11NO2/c1-6-7(4-5-11-6)8(10)9(2)3/h4-5H,1-3H3. The first-order chi connectivity index (χ1) is 5.13. The lowest BCUT2D eigenvalue weighted by molar-refractivity contribution is 0.0826. The van der Waals surface area contributed by atoms with E-state index in [-0.39, 0.29) is 5.91 Å². The number of nitrogens with zero attached hydrogens (tertiary/aromatic N) is 1. The van der Waals surface area contributed by atoms with Crippen molar-refractivity contribution in [2.75, 3.05) is 14.1 Å². The molecule has 1 aromatic heterocycles. The van der Waals surface area contributed by atoms with Crippen molar-refractivity contribution in [1.82, 2.24) is 4.90 Å². The van der Waals surface area contributed by atoms with E-state index in [0.29, 0.717) is 11.3 Å². The van der Waals surface area contributed by atoms with Crippen molar-refractivity contribution < 1.29 is 9.21 Å². The van der Waals surface area contributed by atoms with Crippen LogP contribution in [0.4, 0.5) is 0 Å². The molecular weight excluding hydrogens is 142 g/mol. The van der Waals surface area contributed by atoms with Gasteiger partial charge in [0.2, 0.25) is 0 Å². The molecule has 1 amide bonds. The molecule has 0 fully saturated rings. The van der Waals surface area contributed by atoms with Gasteiger partial charge < -0.3 is 9.32 Å². The van der Waals surface area contributed by atoms with Crippen LogP contribution in [0.5, 0.6) is 0 Å². The van der Waals surface area contributed by atoms with Crippen LogP contribution in [0, 0.1) is 6.92 Å². The average Bonchev–Trinajstić information content (AvgIpc) is 2.33. The van der Waals surface area contributed by atoms with E-state index in [0.717, 1.165) is 0 Å². The van der Waals surface area contributed by atoms with Crippen molar-refractivity contribution in [3.63, 3.8) is 0 Å². The molecule has 1 heterocycles. The fourth-order valence-electron chi connectivity index (χ4n) is 0.848. The number of aryl methyl sites for hydroxylation is 1. The largest absolute Gasteiger partial charge is 0.469 e. The Hall–Kier alpha value is -1.25. The van der Waals surface area contributed by atoms with Crippen LogP contribution in [-0.2, 0) is 0 Å². The second-order valence-electron chi connectivity index (χ2n) is 2.59. The van der Waals surface area contributed by atoms with Crippen LogP contribution in [0.2, 0.25) is 0 Å².